The molecule has 3 heterocycles. The van der Waals surface area contributed by atoms with E-state index in [1.54, 1.807) is 12.4 Å². The van der Waals surface area contributed by atoms with E-state index in [0.717, 1.165) is 33.5 Å². The second kappa shape index (κ2) is 7.67. The molecule has 0 fully saturated rings. The van der Waals surface area contributed by atoms with Gasteiger partial charge in [-0.05, 0) is 73.2 Å². The summed E-state index contributed by atoms with van der Waals surface area (Å²) in [6, 6.07) is 23.5. The Hall–Kier alpha value is -4.19. The third-order valence-corrected chi connectivity index (χ3v) is 4.70. The van der Waals surface area contributed by atoms with Gasteiger partial charge in [-0.15, -0.1) is 0 Å². The topological polar surface area (TPSA) is 75.7 Å². The molecule has 30 heavy (non-hydrogen) atoms. The molecule has 0 unspecified atom stereocenters. The molecule has 0 saturated heterocycles. The van der Waals surface area contributed by atoms with E-state index in [2.05, 4.69) is 25.3 Å². The highest BCUT2D eigenvalue weighted by molar-refractivity contribution is 5.78. The number of ether oxygens (including phenoxy) is 1. The van der Waals surface area contributed by atoms with Gasteiger partial charge in [-0.25, -0.2) is 9.97 Å². The number of rotatable bonds is 5. The number of H-pyrrole nitrogens is 1. The van der Waals surface area contributed by atoms with Crippen LogP contribution in [0.1, 0.15) is 5.69 Å². The number of aryl methyl sites for hydroxylation is 1. The van der Waals surface area contributed by atoms with Crippen LogP contribution < -0.4 is 10.1 Å². The van der Waals surface area contributed by atoms with E-state index in [-0.39, 0.29) is 0 Å². The number of aromatic amines is 1. The average Bonchev–Trinajstić information content (AvgIpc) is 3.18. The quantitative estimate of drug-likeness (QED) is 0.391. The van der Waals surface area contributed by atoms with Gasteiger partial charge in [0.15, 0.2) is 0 Å². The van der Waals surface area contributed by atoms with Gasteiger partial charge in [0.2, 0.25) is 11.8 Å². The minimum Gasteiger partial charge on any atom is -0.438 e. The van der Waals surface area contributed by atoms with Crippen molar-refractivity contribution in [1.29, 1.82) is 0 Å². The molecule has 146 valence electrons. The van der Waals surface area contributed by atoms with E-state index in [0.29, 0.717) is 17.6 Å². The summed E-state index contributed by atoms with van der Waals surface area (Å²) in [6.07, 6.45) is 3.52. The van der Waals surface area contributed by atoms with Crippen LogP contribution in [0.3, 0.4) is 0 Å². The number of hydrogen-bond acceptors (Lipinski definition) is 5. The summed E-state index contributed by atoms with van der Waals surface area (Å²) < 4.78 is 6.07. The van der Waals surface area contributed by atoms with Gasteiger partial charge in [-0.1, -0.05) is 12.1 Å². The first kappa shape index (κ1) is 17.9. The fourth-order valence-electron chi connectivity index (χ4n) is 3.27. The summed E-state index contributed by atoms with van der Waals surface area (Å²) in [7, 11) is 0. The molecular weight excluding hydrogens is 374 g/mol. The summed E-state index contributed by atoms with van der Waals surface area (Å²) in [4.78, 5) is 16.5. The normalized spacial score (nSPS) is 10.8. The number of para-hydroxylation sites is 2. The van der Waals surface area contributed by atoms with Crippen molar-refractivity contribution in [2.24, 2.45) is 0 Å². The number of hydrogen-bond donors (Lipinski definition) is 2. The number of pyridine rings is 2. The standard InChI is InChI=1S/C24H19N5O/c1-16-15-17(12-14-25-16)20-5-4-13-26-23(20)30-19-10-8-18(9-11-19)27-24-28-21-6-2-3-7-22(21)29-24/h2-15H,1H3,(H2,27,28,29). The van der Waals surface area contributed by atoms with E-state index >= 15 is 0 Å². The van der Waals surface area contributed by atoms with Crippen LogP contribution in [0, 0.1) is 6.92 Å². The minimum atomic E-state index is 0.557. The molecule has 0 spiro atoms. The molecule has 0 aliphatic rings. The highest BCUT2D eigenvalue weighted by Crippen LogP contribution is 2.32. The number of nitrogens with one attached hydrogen (secondary N) is 2. The molecule has 0 aliphatic heterocycles. The van der Waals surface area contributed by atoms with Crippen molar-refractivity contribution in [3.05, 3.63) is 90.9 Å². The van der Waals surface area contributed by atoms with Crippen LogP contribution in [0.2, 0.25) is 0 Å². The highest BCUT2D eigenvalue weighted by Gasteiger charge is 2.09. The van der Waals surface area contributed by atoms with Crippen LogP contribution in [-0.4, -0.2) is 19.9 Å². The van der Waals surface area contributed by atoms with Crippen LogP contribution in [0.4, 0.5) is 11.6 Å². The predicted molar refractivity (Wildman–Crippen MR) is 118 cm³/mol. The second-order valence-corrected chi connectivity index (χ2v) is 6.90. The molecule has 0 saturated carbocycles. The van der Waals surface area contributed by atoms with Gasteiger partial charge in [0.25, 0.3) is 0 Å². The summed E-state index contributed by atoms with van der Waals surface area (Å²) in [5.41, 5.74) is 5.72. The van der Waals surface area contributed by atoms with Gasteiger partial charge in [-0.3, -0.25) is 4.98 Å². The Morgan fingerprint density at radius 1 is 0.867 bits per heavy atom. The molecule has 0 amide bonds. The van der Waals surface area contributed by atoms with Crippen molar-refractivity contribution in [3.8, 4) is 22.8 Å². The van der Waals surface area contributed by atoms with Crippen LogP contribution in [-0.2, 0) is 0 Å². The van der Waals surface area contributed by atoms with E-state index in [4.69, 9.17) is 4.74 Å². The summed E-state index contributed by atoms with van der Waals surface area (Å²) in [5, 5.41) is 3.28. The Kier molecular flexibility index (Phi) is 4.57. The maximum absolute atomic E-state index is 6.07. The van der Waals surface area contributed by atoms with Gasteiger partial charge in [0, 0.05) is 29.3 Å². The lowest BCUT2D eigenvalue weighted by Gasteiger charge is -2.11. The van der Waals surface area contributed by atoms with Crippen molar-refractivity contribution in [1.82, 2.24) is 19.9 Å². The maximum atomic E-state index is 6.07. The third-order valence-electron chi connectivity index (χ3n) is 4.70. The molecule has 0 atom stereocenters. The monoisotopic (exact) mass is 393 g/mol. The van der Waals surface area contributed by atoms with Crippen LogP contribution >= 0.6 is 0 Å². The molecule has 3 aromatic heterocycles. The van der Waals surface area contributed by atoms with Crippen LogP contribution in [0.15, 0.2) is 85.2 Å². The third kappa shape index (κ3) is 3.71. The zero-order chi connectivity index (χ0) is 20.3. The highest BCUT2D eigenvalue weighted by atomic mass is 16.5. The molecule has 6 nitrogen and oxygen atoms in total. The first-order chi connectivity index (χ1) is 14.7. The van der Waals surface area contributed by atoms with Crippen LogP contribution in [0.25, 0.3) is 22.2 Å². The number of fused-ring (bicyclic) bond motifs is 1. The fourth-order valence-corrected chi connectivity index (χ4v) is 3.27. The van der Waals surface area contributed by atoms with Gasteiger partial charge in [-0.2, -0.15) is 0 Å². The van der Waals surface area contributed by atoms with E-state index in [9.17, 15) is 0 Å². The molecule has 2 N–H and O–H groups in total. The number of nitrogens with zero attached hydrogens (tertiary/aromatic N) is 3. The van der Waals surface area contributed by atoms with Gasteiger partial charge in [0.05, 0.1) is 11.0 Å². The minimum absolute atomic E-state index is 0.557. The molecular formula is C24H19N5O. The SMILES string of the molecule is Cc1cc(-c2cccnc2Oc2ccc(Nc3nc4ccccc4[nH]3)cc2)ccn1. The van der Waals surface area contributed by atoms with Crippen molar-refractivity contribution >= 4 is 22.7 Å². The Bertz CT molecular complexity index is 1280. The number of imidazole rings is 1. The first-order valence-electron chi connectivity index (χ1n) is 9.62. The molecule has 5 rings (SSSR count). The lowest BCUT2D eigenvalue weighted by atomic mass is 10.1. The van der Waals surface area contributed by atoms with Crippen molar-refractivity contribution in [2.75, 3.05) is 5.32 Å². The van der Waals surface area contributed by atoms with Crippen molar-refractivity contribution < 1.29 is 4.74 Å². The van der Waals surface area contributed by atoms with Crippen LogP contribution in [0.5, 0.6) is 11.6 Å². The molecule has 0 aliphatic carbocycles. The second-order valence-electron chi connectivity index (χ2n) is 6.90. The predicted octanol–water partition coefficient (Wildman–Crippen LogP) is 5.86. The molecule has 2 aromatic carbocycles. The summed E-state index contributed by atoms with van der Waals surface area (Å²) >= 11 is 0. The molecule has 0 radical (unpaired) electrons. The zero-order valence-electron chi connectivity index (χ0n) is 16.3. The van der Waals surface area contributed by atoms with Gasteiger partial charge >= 0.3 is 0 Å². The molecule has 0 bridgehead atoms. The molecule has 6 heteroatoms. The largest absolute Gasteiger partial charge is 0.438 e. The smallest absolute Gasteiger partial charge is 0.227 e. The summed E-state index contributed by atoms with van der Waals surface area (Å²) in [5.74, 6) is 1.96. The first-order valence-corrected chi connectivity index (χ1v) is 9.62. The lowest BCUT2D eigenvalue weighted by molar-refractivity contribution is 0.465. The number of anilines is 2. The Labute approximate surface area is 173 Å². The Balaban J connectivity index is 1.35. The summed E-state index contributed by atoms with van der Waals surface area (Å²) in [6.45, 7) is 1.97. The van der Waals surface area contributed by atoms with Gasteiger partial charge < -0.3 is 15.0 Å². The van der Waals surface area contributed by atoms with Crippen molar-refractivity contribution in [3.63, 3.8) is 0 Å². The number of benzene rings is 2. The van der Waals surface area contributed by atoms with E-state index in [1.165, 1.54) is 0 Å². The average molecular weight is 393 g/mol. The molecule has 5 aromatic rings. The lowest BCUT2D eigenvalue weighted by Crippen LogP contribution is -1.94. The fraction of sp³-hybridized carbons (Fsp3) is 0.0417. The Morgan fingerprint density at radius 3 is 2.57 bits per heavy atom. The van der Waals surface area contributed by atoms with Crippen molar-refractivity contribution in [2.45, 2.75) is 6.92 Å². The number of aromatic nitrogens is 4. The zero-order valence-corrected chi connectivity index (χ0v) is 16.3. The maximum Gasteiger partial charge on any atom is 0.227 e. The van der Waals surface area contributed by atoms with E-state index in [1.807, 2.05) is 79.7 Å². The van der Waals surface area contributed by atoms with E-state index < -0.39 is 0 Å². The van der Waals surface area contributed by atoms with Gasteiger partial charge in [0.1, 0.15) is 5.75 Å². The Morgan fingerprint density at radius 2 is 1.73 bits per heavy atom.